The summed E-state index contributed by atoms with van der Waals surface area (Å²) in [6.07, 6.45) is 5.27. The van der Waals surface area contributed by atoms with Gasteiger partial charge in [0.2, 0.25) is 0 Å². The molecule has 1 saturated carbocycles. The smallest absolute Gasteiger partial charge is 0.124 e. The van der Waals surface area contributed by atoms with Crippen LogP contribution in [0.25, 0.3) is 0 Å². The van der Waals surface area contributed by atoms with E-state index in [-0.39, 0.29) is 5.82 Å². The summed E-state index contributed by atoms with van der Waals surface area (Å²) in [6.45, 7) is 3.09. The fourth-order valence-corrected chi connectivity index (χ4v) is 3.06. The molecule has 94 valence electrons. The van der Waals surface area contributed by atoms with Gasteiger partial charge >= 0.3 is 0 Å². The normalized spacial score (nSPS) is 17.1. The fourth-order valence-electron chi connectivity index (χ4n) is 2.21. The number of benzene rings is 1. The number of rotatable bonds is 6. The Morgan fingerprint density at radius 3 is 2.82 bits per heavy atom. The minimum absolute atomic E-state index is 0.143. The Hall–Kier alpha value is -0.160. The molecular weight excluding hydrogens is 328 g/mol. The third-order valence-corrected chi connectivity index (χ3v) is 4.28. The Kier molecular flexibility index (Phi) is 4.79. The summed E-state index contributed by atoms with van der Waals surface area (Å²) in [5, 5.41) is 3.52. The van der Waals surface area contributed by atoms with E-state index in [1.807, 2.05) is 6.07 Å². The van der Waals surface area contributed by atoms with Gasteiger partial charge in [0.15, 0.2) is 0 Å². The lowest BCUT2D eigenvalue weighted by molar-refractivity contribution is 0.479. The summed E-state index contributed by atoms with van der Waals surface area (Å²) < 4.78 is 14.1. The van der Waals surface area contributed by atoms with Crippen LogP contribution in [0, 0.1) is 15.3 Å². The van der Waals surface area contributed by atoms with Crippen LogP contribution in [0.3, 0.4) is 0 Å². The van der Waals surface area contributed by atoms with Gasteiger partial charge in [0.1, 0.15) is 5.82 Å². The molecule has 1 N–H and O–H groups in total. The molecule has 1 aliphatic carbocycles. The zero-order valence-corrected chi connectivity index (χ0v) is 12.3. The lowest BCUT2D eigenvalue weighted by atomic mass is 10.0. The maximum atomic E-state index is 13.1. The van der Waals surface area contributed by atoms with Crippen LogP contribution in [0.1, 0.15) is 44.2 Å². The fraction of sp³-hybridized carbons (Fsp3) is 0.571. The van der Waals surface area contributed by atoms with E-state index < -0.39 is 0 Å². The third kappa shape index (κ3) is 3.91. The molecule has 0 aromatic heterocycles. The highest BCUT2D eigenvalue weighted by Gasteiger charge is 2.23. The quantitative estimate of drug-likeness (QED) is 0.758. The molecule has 1 aromatic carbocycles. The lowest BCUT2D eigenvalue weighted by Gasteiger charge is -2.19. The van der Waals surface area contributed by atoms with Crippen LogP contribution in [0.5, 0.6) is 0 Å². The van der Waals surface area contributed by atoms with E-state index >= 15 is 0 Å². The first-order valence-electron chi connectivity index (χ1n) is 6.39. The minimum Gasteiger partial charge on any atom is -0.310 e. The first kappa shape index (κ1) is 13.3. The van der Waals surface area contributed by atoms with Gasteiger partial charge in [0.25, 0.3) is 0 Å². The molecule has 0 bridgehead atoms. The SMILES string of the molecule is CCNC(CCC1CC1)c1ccc(F)cc1I. The first-order chi connectivity index (χ1) is 8.20. The van der Waals surface area contributed by atoms with Crippen molar-refractivity contribution in [1.82, 2.24) is 5.32 Å². The van der Waals surface area contributed by atoms with Crippen LogP contribution in [0.2, 0.25) is 0 Å². The maximum Gasteiger partial charge on any atom is 0.124 e. The molecule has 1 atom stereocenters. The Morgan fingerprint density at radius 2 is 2.24 bits per heavy atom. The highest BCUT2D eigenvalue weighted by Crippen LogP contribution is 2.36. The second kappa shape index (κ2) is 6.14. The van der Waals surface area contributed by atoms with Gasteiger partial charge in [0, 0.05) is 9.61 Å². The Bertz CT molecular complexity index is 376. The van der Waals surface area contributed by atoms with Gasteiger partial charge in [-0.3, -0.25) is 0 Å². The Labute approximate surface area is 116 Å². The van der Waals surface area contributed by atoms with Crippen LogP contribution in [-0.4, -0.2) is 6.54 Å². The van der Waals surface area contributed by atoms with Crippen molar-refractivity contribution in [3.63, 3.8) is 0 Å². The van der Waals surface area contributed by atoms with Crippen molar-refractivity contribution < 1.29 is 4.39 Å². The van der Waals surface area contributed by atoms with Crippen LogP contribution >= 0.6 is 22.6 Å². The summed E-state index contributed by atoms with van der Waals surface area (Å²) >= 11 is 2.23. The van der Waals surface area contributed by atoms with E-state index in [0.29, 0.717) is 6.04 Å². The molecule has 17 heavy (non-hydrogen) atoms. The molecule has 0 heterocycles. The van der Waals surface area contributed by atoms with Gasteiger partial charge in [0.05, 0.1) is 0 Å². The standard InChI is InChI=1S/C14H19FIN/c1-2-17-14(8-5-10-3-4-10)12-7-6-11(15)9-13(12)16/h6-7,9-10,14,17H,2-5,8H2,1H3. The maximum absolute atomic E-state index is 13.1. The summed E-state index contributed by atoms with van der Waals surface area (Å²) in [4.78, 5) is 0. The molecule has 1 aromatic rings. The monoisotopic (exact) mass is 347 g/mol. The van der Waals surface area contributed by atoms with Crippen LogP contribution in [0.4, 0.5) is 4.39 Å². The average molecular weight is 347 g/mol. The molecular formula is C14H19FIN. The lowest BCUT2D eigenvalue weighted by Crippen LogP contribution is -2.22. The van der Waals surface area contributed by atoms with Crippen LogP contribution in [-0.2, 0) is 0 Å². The largest absolute Gasteiger partial charge is 0.310 e. The van der Waals surface area contributed by atoms with Crippen molar-refractivity contribution in [3.05, 3.63) is 33.1 Å². The number of hydrogen-bond acceptors (Lipinski definition) is 1. The average Bonchev–Trinajstić information content (AvgIpc) is 3.09. The highest BCUT2D eigenvalue weighted by molar-refractivity contribution is 14.1. The Balaban J connectivity index is 2.06. The molecule has 0 saturated heterocycles. The van der Waals surface area contributed by atoms with Crippen molar-refractivity contribution in [2.75, 3.05) is 6.54 Å². The number of halogens is 2. The molecule has 2 rings (SSSR count). The molecule has 0 aliphatic heterocycles. The van der Waals surface area contributed by atoms with Crippen LogP contribution in [0.15, 0.2) is 18.2 Å². The van der Waals surface area contributed by atoms with Gasteiger partial charge in [-0.1, -0.05) is 25.8 Å². The number of hydrogen-bond donors (Lipinski definition) is 1. The molecule has 0 spiro atoms. The van der Waals surface area contributed by atoms with Crippen molar-refractivity contribution in [2.24, 2.45) is 5.92 Å². The molecule has 1 nitrogen and oxygen atoms in total. The van der Waals surface area contributed by atoms with Gasteiger partial charge in [-0.25, -0.2) is 4.39 Å². The topological polar surface area (TPSA) is 12.0 Å². The van der Waals surface area contributed by atoms with E-state index in [1.165, 1.54) is 31.2 Å². The van der Waals surface area contributed by atoms with Crippen molar-refractivity contribution in [2.45, 2.75) is 38.6 Å². The van der Waals surface area contributed by atoms with E-state index in [0.717, 1.165) is 16.0 Å². The molecule has 1 aliphatic rings. The van der Waals surface area contributed by atoms with E-state index in [9.17, 15) is 4.39 Å². The Morgan fingerprint density at radius 1 is 1.47 bits per heavy atom. The zero-order valence-electron chi connectivity index (χ0n) is 10.2. The third-order valence-electron chi connectivity index (χ3n) is 3.35. The van der Waals surface area contributed by atoms with E-state index in [1.54, 1.807) is 12.1 Å². The summed E-state index contributed by atoms with van der Waals surface area (Å²) in [6, 6.07) is 5.50. The molecule has 1 fully saturated rings. The highest BCUT2D eigenvalue weighted by atomic mass is 127. The zero-order chi connectivity index (χ0) is 12.3. The van der Waals surface area contributed by atoms with Crippen molar-refractivity contribution in [3.8, 4) is 0 Å². The summed E-state index contributed by atoms with van der Waals surface area (Å²) in [5.74, 6) is 0.810. The van der Waals surface area contributed by atoms with Gasteiger partial charge in [-0.2, -0.15) is 0 Å². The minimum atomic E-state index is -0.143. The van der Waals surface area contributed by atoms with Gasteiger partial charge in [-0.05, 0) is 65.6 Å². The van der Waals surface area contributed by atoms with E-state index in [4.69, 9.17) is 0 Å². The van der Waals surface area contributed by atoms with Gasteiger partial charge < -0.3 is 5.32 Å². The van der Waals surface area contributed by atoms with Crippen molar-refractivity contribution in [1.29, 1.82) is 0 Å². The predicted molar refractivity (Wildman–Crippen MR) is 77.5 cm³/mol. The molecule has 0 amide bonds. The second-order valence-corrected chi connectivity index (χ2v) is 5.96. The van der Waals surface area contributed by atoms with Gasteiger partial charge in [-0.15, -0.1) is 0 Å². The summed E-state index contributed by atoms with van der Waals surface area (Å²) in [5.41, 5.74) is 1.24. The molecule has 3 heteroatoms. The van der Waals surface area contributed by atoms with Crippen LogP contribution < -0.4 is 5.32 Å². The van der Waals surface area contributed by atoms with Crippen molar-refractivity contribution >= 4 is 22.6 Å². The first-order valence-corrected chi connectivity index (χ1v) is 7.47. The molecule has 1 unspecified atom stereocenters. The van der Waals surface area contributed by atoms with E-state index in [2.05, 4.69) is 34.8 Å². The predicted octanol–water partition coefficient (Wildman–Crippen LogP) is 4.27. The molecule has 0 radical (unpaired) electrons. The number of nitrogens with one attached hydrogen (secondary N) is 1. The second-order valence-electron chi connectivity index (χ2n) is 4.80. The summed E-state index contributed by atoms with van der Waals surface area (Å²) in [7, 11) is 0.